The molecule has 39 heavy (non-hydrogen) atoms. The summed E-state index contributed by atoms with van der Waals surface area (Å²) in [7, 11) is 0. The number of halogens is 3. The molecule has 1 aromatic heterocycles. The maximum atomic E-state index is 13.8. The van der Waals surface area contributed by atoms with Gasteiger partial charge in [-0.1, -0.05) is 46.7 Å². The number of hydrogen-bond acceptors (Lipinski definition) is 6. The Hall–Kier alpha value is -2.66. The van der Waals surface area contributed by atoms with Gasteiger partial charge in [-0.2, -0.15) is 0 Å². The van der Waals surface area contributed by atoms with E-state index in [2.05, 4.69) is 10.3 Å². The highest BCUT2D eigenvalue weighted by atomic mass is 35.5. The number of thioether (sulfide) groups is 1. The van der Waals surface area contributed by atoms with Crippen LogP contribution in [0.4, 0.5) is 10.1 Å². The molecular formula is C27H20Cl2FN3O4S2. The fourth-order valence-corrected chi connectivity index (χ4v) is 10.4. The Labute approximate surface area is 240 Å². The number of anilines is 1. The van der Waals surface area contributed by atoms with E-state index in [9.17, 15) is 23.6 Å². The fraction of sp³-hybridized carbons (Fsp3) is 0.333. The number of aromatic nitrogens is 1. The van der Waals surface area contributed by atoms with Gasteiger partial charge in [0.05, 0.1) is 26.9 Å². The van der Waals surface area contributed by atoms with Crippen LogP contribution in [0.1, 0.15) is 22.8 Å². The van der Waals surface area contributed by atoms with Crippen molar-refractivity contribution in [3.05, 3.63) is 78.4 Å². The van der Waals surface area contributed by atoms with Gasteiger partial charge in [-0.15, -0.1) is 11.8 Å². The van der Waals surface area contributed by atoms with Crippen molar-refractivity contribution >= 4 is 69.7 Å². The summed E-state index contributed by atoms with van der Waals surface area (Å²) in [6.07, 6.45) is 0.731. The molecular weight excluding hydrogens is 584 g/mol. The summed E-state index contributed by atoms with van der Waals surface area (Å²) in [5.74, 6) is -2.81. The van der Waals surface area contributed by atoms with E-state index in [1.165, 1.54) is 18.2 Å². The number of thiazole rings is 1. The smallest absolute Gasteiger partial charge is 0.305 e. The van der Waals surface area contributed by atoms with E-state index in [-0.39, 0.29) is 63.0 Å². The molecule has 12 heteroatoms. The van der Waals surface area contributed by atoms with Crippen molar-refractivity contribution in [1.29, 1.82) is 0 Å². The quantitative estimate of drug-likeness (QED) is 0.409. The van der Waals surface area contributed by atoms with Crippen LogP contribution in [0.3, 0.4) is 0 Å². The molecule has 2 aliphatic heterocycles. The second kappa shape index (κ2) is 9.19. The molecule has 3 heterocycles. The lowest BCUT2D eigenvalue weighted by Gasteiger charge is -2.43. The number of H-pyrrole nitrogens is 1. The minimum absolute atomic E-state index is 0.00685. The molecule has 200 valence electrons. The summed E-state index contributed by atoms with van der Waals surface area (Å²) in [6, 6.07) is 11.0. The average Bonchev–Trinajstić information content (AvgIpc) is 3.63. The summed E-state index contributed by atoms with van der Waals surface area (Å²) < 4.78 is 13.8. The number of imide groups is 1. The molecule has 2 saturated carbocycles. The zero-order valence-electron chi connectivity index (χ0n) is 20.0. The molecule has 7 rings (SSSR count). The third-order valence-corrected chi connectivity index (χ3v) is 11.9. The molecule has 2 N–H and O–H groups in total. The number of nitrogens with one attached hydrogen (secondary N) is 2. The van der Waals surface area contributed by atoms with E-state index in [4.69, 9.17) is 23.2 Å². The number of hydrogen-bond donors (Lipinski definition) is 2. The number of fused-ring (bicyclic) bond motifs is 9. The topological polar surface area (TPSA) is 99.3 Å². The lowest BCUT2D eigenvalue weighted by atomic mass is 9.68. The highest BCUT2D eigenvalue weighted by Crippen LogP contribution is 2.68. The molecule has 1 saturated heterocycles. The van der Waals surface area contributed by atoms with Gasteiger partial charge in [-0.05, 0) is 60.1 Å². The number of likely N-dealkylation sites (tertiary alicyclic amines) is 1. The maximum Gasteiger partial charge on any atom is 0.305 e. The molecule has 3 fully saturated rings. The second-order valence-electron chi connectivity index (χ2n) is 10.5. The minimum Gasteiger partial charge on any atom is -0.324 e. The Balaban J connectivity index is 1.18. The number of benzene rings is 2. The molecule has 6 unspecified atom stereocenters. The van der Waals surface area contributed by atoms with Crippen LogP contribution in [-0.2, 0) is 14.4 Å². The van der Waals surface area contributed by atoms with Gasteiger partial charge in [0.2, 0.25) is 17.7 Å². The van der Waals surface area contributed by atoms with E-state index in [0.29, 0.717) is 10.7 Å². The number of carbonyl (C=O) groups is 3. The first-order valence-electron chi connectivity index (χ1n) is 12.5. The molecule has 3 aromatic rings. The van der Waals surface area contributed by atoms with Gasteiger partial charge in [0, 0.05) is 21.7 Å². The third-order valence-electron chi connectivity index (χ3n) is 8.55. The summed E-state index contributed by atoms with van der Waals surface area (Å²) in [5, 5.41) is 4.12. The van der Waals surface area contributed by atoms with E-state index in [1.54, 1.807) is 36.0 Å². The molecule has 7 nitrogen and oxygen atoms in total. The van der Waals surface area contributed by atoms with E-state index >= 15 is 0 Å². The first-order chi connectivity index (χ1) is 18.7. The van der Waals surface area contributed by atoms with Crippen molar-refractivity contribution in [2.45, 2.75) is 22.6 Å². The van der Waals surface area contributed by atoms with Crippen molar-refractivity contribution < 1.29 is 18.8 Å². The van der Waals surface area contributed by atoms with Gasteiger partial charge in [0.1, 0.15) is 12.4 Å². The van der Waals surface area contributed by atoms with Gasteiger partial charge in [-0.3, -0.25) is 24.1 Å². The van der Waals surface area contributed by atoms with Crippen LogP contribution >= 0.6 is 46.3 Å². The molecule has 2 bridgehead atoms. The lowest BCUT2D eigenvalue weighted by molar-refractivity contribution is -0.143. The first-order valence-corrected chi connectivity index (χ1v) is 14.9. The maximum absolute atomic E-state index is 13.8. The Morgan fingerprint density at radius 1 is 1.03 bits per heavy atom. The highest BCUT2D eigenvalue weighted by Gasteiger charge is 2.69. The van der Waals surface area contributed by atoms with Gasteiger partial charge < -0.3 is 10.3 Å². The molecule has 2 aliphatic carbocycles. The van der Waals surface area contributed by atoms with Crippen molar-refractivity contribution in [1.82, 2.24) is 9.88 Å². The molecule has 4 aliphatic rings. The predicted molar refractivity (Wildman–Crippen MR) is 147 cm³/mol. The first kappa shape index (κ1) is 25.3. The zero-order valence-corrected chi connectivity index (χ0v) is 23.2. The van der Waals surface area contributed by atoms with Crippen LogP contribution in [0.5, 0.6) is 0 Å². The summed E-state index contributed by atoms with van der Waals surface area (Å²) in [6.45, 7) is -0.380. The SMILES string of the molecule is O=C(CN1C(=O)C2C3CC(C2C1=O)C1C3Sc2[nH]c(=O)sc2[C@@H]1c1ccc(F)cc1)Nc1ccc(Cl)c(Cl)c1. The van der Waals surface area contributed by atoms with Crippen molar-refractivity contribution in [2.75, 3.05) is 11.9 Å². The standard InChI is InChI=1S/C27H20Cl2FN3O4S2/c28-15-6-5-12(7-16(15)29)31-17(34)9-33-25(35)20-13-8-14(21(20)26(33)36)22-19(13)18(10-1-3-11(30)4-2-10)23-24(38-22)32-27(37)39-23/h1-7,13-14,18-22H,8-9H2,(H,31,34)(H,32,37)/t13?,14?,18-,19?,20?,21?,22?/m1/s1. The van der Waals surface area contributed by atoms with Gasteiger partial charge in [-0.25, -0.2) is 4.39 Å². The number of carbonyl (C=O) groups excluding carboxylic acids is 3. The van der Waals surface area contributed by atoms with Crippen LogP contribution in [0.2, 0.25) is 10.0 Å². The number of aromatic amines is 1. The number of rotatable bonds is 4. The Morgan fingerprint density at radius 3 is 2.46 bits per heavy atom. The van der Waals surface area contributed by atoms with Crippen molar-refractivity contribution in [3.63, 3.8) is 0 Å². The Kier molecular flexibility index (Phi) is 5.97. The molecule has 7 atom stereocenters. The van der Waals surface area contributed by atoms with Gasteiger partial charge in [0.25, 0.3) is 0 Å². The fourth-order valence-electron chi connectivity index (χ4n) is 7.20. The Bertz CT molecular complexity index is 1610. The Morgan fingerprint density at radius 2 is 1.74 bits per heavy atom. The van der Waals surface area contributed by atoms with Gasteiger partial charge in [0.15, 0.2) is 0 Å². The largest absolute Gasteiger partial charge is 0.324 e. The minimum atomic E-state index is -0.512. The van der Waals surface area contributed by atoms with Crippen LogP contribution in [0.25, 0.3) is 0 Å². The number of amides is 3. The van der Waals surface area contributed by atoms with E-state index in [1.807, 2.05) is 0 Å². The monoisotopic (exact) mass is 603 g/mol. The summed E-state index contributed by atoms with van der Waals surface area (Å²) in [4.78, 5) is 57.1. The van der Waals surface area contributed by atoms with E-state index in [0.717, 1.165) is 38.1 Å². The molecule has 0 spiro atoms. The normalized spacial score (nSPS) is 30.3. The number of nitrogens with zero attached hydrogens (tertiary/aromatic N) is 1. The third kappa shape index (κ3) is 3.90. The van der Waals surface area contributed by atoms with Crippen LogP contribution in [0, 0.1) is 35.4 Å². The van der Waals surface area contributed by atoms with E-state index < -0.39 is 17.7 Å². The highest BCUT2D eigenvalue weighted by molar-refractivity contribution is 8.00. The lowest BCUT2D eigenvalue weighted by Crippen LogP contribution is -2.42. The molecule has 3 amide bonds. The van der Waals surface area contributed by atoms with Crippen LogP contribution < -0.4 is 10.2 Å². The molecule has 2 aromatic carbocycles. The van der Waals surface area contributed by atoms with Crippen molar-refractivity contribution in [3.8, 4) is 0 Å². The predicted octanol–water partition coefficient (Wildman–Crippen LogP) is 4.99. The van der Waals surface area contributed by atoms with Crippen LogP contribution in [0.15, 0.2) is 52.3 Å². The average molecular weight is 605 g/mol. The van der Waals surface area contributed by atoms with Gasteiger partial charge >= 0.3 is 4.87 Å². The second-order valence-corrected chi connectivity index (χ2v) is 13.5. The zero-order chi connectivity index (χ0) is 27.2. The molecule has 0 radical (unpaired) electrons. The van der Waals surface area contributed by atoms with Crippen molar-refractivity contribution in [2.24, 2.45) is 29.6 Å². The summed E-state index contributed by atoms with van der Waals surface area (Å²) in [5.41, 5.74) is 1.31. The summed E-state index contributed by atoms with van der Waals surface area (Å²) >= 11 is 14.7. The van der Waals surface area contributed by atoms with Crippen LogP contribution in [-0.4, -0.2) is 39.4 Å².